The summed E-state index contributed by atoms with van der Waals surface area (Å²) in [6, 6.07) is 0.119. The van der Waals surface area contributed by atoms with Crippen LogP contribution in [0.1, 0.15) is 37.8 Å². The highest BCUT2D eigenvalue weighted by molar-refractivity contribution is 5.82. The Labute approximate surface area is 92.5 Å². The van der Waals surface area contributed by atoms with Gasteiger partial charge in [-0.25, -0.2) is 0 Å². The molecule has 0 spiro atoms. The number of carbonyl (C=O) groups is 2. The van der Waals surface area contributed by atoms with Crippen LogP contribution in [-0.2, 0) is 9.59 Å². The van der Waals surface area contributed by atoms with Gasteiger partial charge in [0.1, 0.15) is 0 Å². The van der Waals surface area contributed by atoms with Gasteiger partial charge in [0.25, 0.3) is 0 Å². The predicted molar refractivity (Wildman–Crippen MR) is 55.2 cm³/mol. The maximum Gasteiger partial charge on any atom is 0.311 e. The number of nitrogens with zero attached hydrogens (tertiary/aromatic N) is 2. The van der Waals surface area contributed by atoms with Crippen molar-refractivity contribution in [1.29, 1.82) is 0 Å². The minimum absolute atomic E-state index is 0.119. The third-order valence-electron chi connectivity index (χ3n) is 2.23. The Morgan fingerprint density at radius 1 is 1.44 bits per heavy atom. The highest BCUT2D eigenvalue weighted by Crippen LogP contribution is 2.20. The Balaban J connectivity index is 2.92. The molecule has 0 amide bonds. The van der Waals surface area contributed by atoms with Crippen LogP contribution in [0.2, 0.25) is 0 Å². The van der Waals surface area contributed by atoms with E-state index in [0.29, 0.717) is 5.56 Å². The van der Waals surface area contributed by atoms with E-state index in [4.69, 9.17) is 10.2 Å². The van der Waals surface area contributed by atoms with Gasteiger partial charge in [0.2, 0.25) is 0 Å². The quantitative estimate of drug-likeness (QED) is 0.784. The lowest BCUT2D eigenvalue weighted by molar-refractivity contribution is -0.145. The Bertz CT molecular complexity index is 397. The molecule has 0 aromatic carbocycles. The van der Waals surface area contributed by atoms with Crippen LogP contribution in [0.4, 0.5) is 0 Å². The van der Waals surface area contributed by atoms with Crippen LogP contribution in [0.5, 0.6) is 0 Å². The normalized spacial score (nSPS) is 12.7. The maximum absolute atomic E-state index is 10.9. The van der Waals surface area contributed by atoms with Gasteiger partial charge in [-0.15, -0.1) is 0 Å². The van der Waals surface area contributed by atoms with Crippen LogP contribution in [0.25, 0.3) is 0 Å². The van der Waals surface area contributed by atoms with Gasteiger partial charge in [-0.1, -0.05) is 0 Å². The van der Waals surface area contributed by atoms with Crippen LogP contribution < -0.4 is 0 Å². The van der Waals surface area contributed by atoms with E-state index in [1.165, 1.54) is 6.20 Å². The number of carboxylic acid groups (broad SMARTS) is 2. The first-order chi connectivity index (χ1) is 7.41. The molecule has 2 N–H and O–H groups in total. The van der Waals surface area contributed by atoms with Crippen molar-refractivity contribution in [2.24, 2.45) is 0 Å². The van der Waals surface area contributed by atoms with Gasteiger partial charge in [0, 0.05) is 17.8 Å². The molecule has 0 aliphatic rings. The van der Waals surface area contributed by atoms with Crippen LogP contribution in [-0.4, -0.2) is 31.9 Å². The van der Waals surface area contributed by atoms with E-state index in [-0.39, 0.29) is 6.04 Å². The second-order valence-electron chi connectivity index (χ2n) is 3.84. The first-order valence-electron chi connectivity index (χ1n) is 4.90. The molecule has 1 rings (SSSR count). The molecule has 0 saturated heterocycles. The summed E-state index contributed by atoms with van der Waals surface area (Å²) in [7, 11) is 0. The zero-order valence-corrected chi connectivity index (χ0v) is 9.12. The van der Waals surface area contributed by atoms with Gasteiger partial charge < -0.3 is 10.2 Å². The van der Waals surface area contributed by atoms with Crippen molar-refractivity contribution in [3.05, 3.63) is 18.0 Å². The van der Waals surface area contributed by atoms with Gasteiger partial charge >= 0.3 is 11.9 Å². The Kier molecular flexibility index (Phi) is 3.65. The molecule has 88 valence electrons. The number of rotatable bonds is 5. The van der Waals surface area contributed by atoms with E-state index < -0.39 is 24.3 Å². The van der Waals surface area contributed by atoms with E-state index in [0.717, 1.165) is 0 Å². The topological polar surface area (TPSA) is 92.4 Å². The van der Waals surface area contributed by atoms with Crippen LogP contribution in [0, 0.1) is 0 Å². The van der Waals surface area contributed by atoms with Crippen molar-refractivity contribution in [2.45, 2.75) is 32.2 Å². The largest absolute Gasteiger partial charge is 0.481 e. The smallest absolute Gasteiger partial charge is 0.311 e. The number of hydrogen-bond donors (Lipinski definition) is 2. The zero-order valence-electron chi connectivity index (χ0n) is 9.12. The third kappa shape index (κ3) is 2.82. The Morgan fingerprint density at radius 2 is 2.06 bits per heavy atom. The standard InChI is InChI=1S/C10H14N2O4/c1-6(2)12-5-7(4-11-12)8(10(15)16)3-9(13)14/h4-6,8H,3H2,1-2H3,(H,13,14)(H,15,16). The summed E-state index contributed by atoms with van der Waals surface area (Å²) in [6.07, 6.45) is 2.55. The molecule has 1 aromatic heterocycles. The summed E-state index contributed by atoms with van der Waals surface area (Å²) >= 11 is 0. The van der Waals surface area contributed by atoms with Crippen molar-refractivity contribution >= 4 is 11.9 Å². The summed E-state index contributed by atoms with van der Waals surface area (Å²) in [6.45, 7) is 3.81. The molecule has 1 heterocycles. The molecular weight excluding hydrogens is 212 g/mol. The molecule has 1 atom stereocenters. The lowest BCUT2D eigenvalue weighted by Gasteiger charge is -2.07. The van der Waals surface area contributed by atoms with E-state index in [1.807, 2.05) is 13.8 Å². The molecule has 0 fully saturated rings. The first-order valence-corrected chi connectivity index (χ1v) is 4.90. The minimum Gasteiger partial charge on any atom is -0.481 e. The average Bonchev–Trinajstić information content (AvgIpc) is 2.61. The van der Waals surface area contributed by atoms with Gasteiger partial charge in [-0.2, -0.15) is 5.10 Å². The number of aliphatic carboxylic acids is 2. The molecule has 0 bridgehead atoms. The molecule has 1 aromatic rings. The van der Waals surface area contributed by atoms with E-state index >= 15 is 0 Å². The fourth-order valence-electron chi connectivity index (χ4n) is 1.34. The lowest BCUT2D eigenvalue weighted by Crippen LogP contribution is -2.15. The van der Waals surface area contributed by atoms with Crippen molar-refractivity contribution in [1.82, 2.24) is 9.78 Å². The van der Waals surface area contributed by atoms with E-state index in [1.54, 1.807) is 10.9 Å². The summed E-state index contributed by atoms with van der Waals surface area (Å²) in [4.78, 5) is 21.5. The summed E-state index contributed by atoms with van der Waals surface area (Å²) in [5, 5.41) is 21.5. The van der Waals surface area contributed by atoms with Crippen LogP contribution in [0.15, 0.2) is 12.4 Å². The Hall–Kier alpha value is -1.85. The SMILES string of the molecule is CC(C)n1cc(C(CC(=O)O)C(=O)O)cn1. The molecule has 6 nitrogen and oxygen atoms in total. The van der Waals surface area contributed by atoms with Gasteiger partial charge in [0.05, 0.1) is 18.5 Å². The van der Waals surface area contributed by atoms with Crippen molar-refractivity contribution < 1.29 is 19.8 Å². The predicted octanol–water partition coefficient (Wildman–Crippen LogP) is 1.11. The third-order valence-corrected chi connectivity index (χ3v) is 2.23. The molecule has 0 radical (unpaired) electrons. The van der Waals surface area contributed by atoms with Gasteiger partial charge in [-0.3, -0.25) is 14.3 Å². The van der Waals surface area contributed by atoms with Gasteiger partial charge in [0.15, 0.2) is 0 Å². The van der Waals surface area contributed by atoms with Crippen molar-refractivity contribution in [2.75, 3.05) is 0 Å². The average molecular weight is 226 g/mol. The summed E-state index contributed by atoms with van der Waals surface area (Å²) in [5.74, 6) is -3.32. The molecule has 0 aliphatic heterocycles. The van der Waals surface area contributed by atoms with Gasteiger partial charge in [-0.05, 0) is 13.8 Å². The summed E-state index contributed by atoms with van der Waals surface area (Å²) in [5.41, 5.74) is 0.420. The molecular formula is C10H14N2O4. The number of carboxylic acids is 2. The van der Waals surface area contributed by atoms with E-state index in [2.05, 4.69) is 5.10 Å². The fourth-order valence-corrected chi connectivity index (χ4v) is 1.34. The number of hydrogen-bond acceptors (Lipinski definition) is 3. The van der Waals surface area contributed by atoms with Crippen LogP contribution >= 0.6 is 0 Å². The molecule has 0 aliphatic carbocycles. The second kappa shape index (κ2) is 4.78. The highest BCUT2D eigenvalue weighted by Gasteiger charge is 2.24. The lowest BCUT2D eigenvalue weighted by atomic mass is 9.99. The molecule has 6 heteroatoms. The fraction of sp³-hybridized carbons (Fsp3) is 0.500. The second-order valence-corrected chi connectivity index (χ2v) is 3.84. The monoisotopic (exact) mass is 226 g/mol. The summed E-state index contributed by atoms with van der Waals surface area (Å²) < 4.78 is 1.60. The highest BCUT2D eigenvalue weighted by atomic mass is 16.4. The Morgan fingerprint density at radius 3 is 2.44 bits per heavy atom. The van der Waals surface area contributed by atoms with Crippen molar-refractivity contribution in [3.8, 4) is 0 Å². The van der Waals surface area contributed by atoms with E-state index in [9.17, 15) is 9.59 Å². The minimum atomic E-state index is -1.15. The van der Waals surface area contributed by atoms with Crippen LogP contribution in [0.3, 0.4) is 0 Å². The molecule has 1 unspecified atom stereocenters. The molecule has 0 saturated carbocycles. The molecule has 16 heavy (non-hydrogen) atoms. The first kappa shape index (κ1) is 12.2. The zero-order chi connectivity index (χ0) is 12.3. The maximum atomic E-state index is 10.9. The number of aromatic nitrogens is 2. The van der Waals surface area contributed by atoms with Crippen molar-refractivity contribution in [3.63, 3.8) is 0 Å².